The summed E-state index contributed by atoms with van der Waals surface area (Å²) < 4.78 is 11.3. The van der Waals surface area contributed by atoms with Gasteiger partial charge in [0.2, 0.25) is 5.91 Å². The number of amides is 1. The SMILES string of the molecule is CNCC(=O)NCc1cc(OC)c(OC)cc1Br.Cl. The van der Waals surface area contributed by atoms with Gasteiger partial charge in [-0.1, -0.05) is 15.9 Å². The molecule has 1 amide bonds. The van der Waals surface area contributed by atoms with Crippen molar-refractivity contribution < 1.29 is 14.3 Å². The third-order valence-corrected chi connectivity index (χ3v) is 3.10. The zero-order valence-corrected chi connectivity index (χ0v) is 13.5. The van der Waals surface area contributed by atoms with Crippen LogP contribution in [0.1, 0.15) is 5.56 Å². The van der Waals surface area contributed by atoms with Crippen LogP contribution in [0.4, 0.5) is 0 Å². The lowest BCUT2D eigenvalue weighted by atomic mass is 10.2. The van der Waals surface area contributed by atoms with Crippen LogP contribution in [-0.2, 0) is 11.3 Å². The van der Waals surface area contributed by atoms with Crippen molar-refractivity contribution >= 4 is 34.2 Å². The summed E-state index contributed by atoms with van der Waals surface area (Å²) in [5.41, 5.74) is 0.928. The Labute approximate surface area is 127 Å². The van der Waals surface area contributed by atoms with Gasteiger partial charge in [0.05, 0.1) is 20.8 Å². The third-order valence-electron chi connectivity index (χ3n) is 2.37. The minimum absolute atomic E-state index is 0. The number of hydrogen-bond donors (Lipinski definition) is 2. The fraction of sp³-hybridized carbons (Fsp3) is 0.417. The van der Waals surface area contributed by atoms with Gasteiger partial charge in [-0.15, -0.1) is 12.4 Å². The second kappa shape index (κ2) is 9.01. The van der Waals surface area contributed by atoms with Gasteiger partial charge in [0.1, 0.15) is 0 Å². The van der Waals surface area contributed by atoms with Gasteiger partial charge in [0.15, 0.2) is 11.5 Å². The second-order valence-electron chi connectivity index (χ2n) is 3.61. The van der Waals surface area contributed by atoms with Crippen LogP contribution in [0, 0.1) is 0 Å². The van der Waals surface area contributed by atoms with E-state index in [1.165, 1.54) is 0 Å². The van der Waals surface area contributed by atoms with Crippen LogP contribution in [0.3, 0.4) is 0 Å². The van der Waals surface area contributed by atoms with Gasteiger partial charge in [-0.2, -0.15) is 0 Å². The molecule has 0 heterocycles. The Balaban J connectivity index is 0.00000324. The largest absolute Gasteiger partial charge is 0.493 e. The van der Waals surface area contributed by atoms with Gasteiger partial charge in [0, 0.05) is 11.0 Å². The quantitative estimate of drug-likeness (QED) is 0.817. The Morgan fingerprint density at radius 1 is 1.26 bits per heavy atom. The number of hydrogen-bond acceptors (Lipinski definition) is 4. The highest BCUT2D eigenvalue weighted by Gasteiger charge is 2.10. The molecule has 5 nitrogen and oxygen atoms in total. The maximum Gasteiger partial charge on any atom is 0.234 e. The van der Waals surface area contributed by atoms with E-state index >= 15 is 0 Å². The van der Waals surface area contributed by atoms with E-state index < -0.39 is 0 Å². The zero-order valence-electron chi connectivity index (χ0n) is 11.1. The van der Waals surface area contributed by atoms with Crippen LogP contribution in [0.25, 0.3) is 0 Å². The number of likely N-dealkylation sites (N-methyl/N-ethyl adjacent to an activating group) is 1. The number of carbonyl (C=O) groups excluding carboxylic acids is 1. The molecular weight excluding hydrogens is 335 g/mol. The molecule has 0 radical (unpaired) electrons. The van der Waals surface area contributed by atoms with Gasteiger partial charge < -0.3 is 20.1 Å². The minimum atomic E-state index is -0.0563. The summed E-state index contributed by atoms with van der Waals surface area (Å²) in [5, 5.41) is 5.59. The first-order valence-corrected chi connectivity index (χ1v) is 6.23. The Kier molecular flexibility index (Phi) is 8.54. The first-order valence-electron chi connectivity index (χ1n) is 5.44. The van der Waals surface area contributed by atoms with Crippen LogP contribution < -0.4 is 20.1 Å². The van der Waals surface area contributed by atoms with E-state index in [4.69, 9.17) is 9.47 Å². The molecule has 0 saturated heterocycles. The summed E-state index contributed by atoms with van der Waals surface area (Å²) in [5.74, 6) is 1.23. The Morgan fingerprint density at radius 2 is 1.84 bits per heavy atom. The van der Waals surface area contributed by atoms with E-state index in [1.54, 1.807) is 21.3 Å². The van der Waals surface area contributed by atoms with Crippen molar-refractivity contribution in [2.24, 2.45) is 0 Å². The van der Waals surface area contributed by atoms with E-state index in [9.17, 15) is 4.79 Å². The fourth-order valence-electron chi connectivity index (χ4n) is 1.45. The molecule has 0 bridgehead atoms. The van der Waals surface area contributed by atoms with Crippen molar-refractivity contribution in [3.63, 3.8) is 0 Å². The molecule has 7 heteroatoms. The number of methoxy groups -OCH3 is 2. The molecule has 0 spiro atoms. The summed E-state index contributed by atoms with van der Waals surface area (Å²) in [4.78, 5) is 11.4. The smallest absolute Gasteiger partial charge is 0.234 e. The van der Waals surface area contributed by atoms with Crippen molar-refractivity contribution in [2.75, 3.05) is 27.8 Å². The second-order valence-corrected chi connectivity index (χ2v) is 4.46. The van der Waals surface area contributed by atoms with Crippen molar-refractivity contribution in [2.45, 2.75) is 6.54 Å². The van der Waals surface area contributed by atoms with Crippen LogP contribution in [0.15, 0.2) is 16.6 Å². The monoisotopic (exact) mass is 352 g/mol. The highest BCUT2D eigenvalue weighted by molar-refractivity contribution is 9.10. The van der Waals surface area contributed by atoms with Crippen molar-refractivity contribution in [1.82, 2.24) is 10.6 Å². The molecule has 1 rings (SSSR count). The van der Waals surface area contributed by atoms with E-state index in [0.717, 1.165) is 10.0 Å². The molecule has 108 valence electrons. The van der Waals surface area contributed by atoms with Crippen LogP contribution in [0.5, 0.6) is 11.5 Å². The fourth-order valence-corrected chi connectivity index (χ4v) is 1.91. The van der Waals surface area contributed by atoms with Crippen LogP contribution in [0.2, 0.25) is 0 Å². The lowest BCUT2D eigenvalue weighted by Crippen LogP contribution is -2.31. The van der Waals surface area contributed by atoms with E-state index in [0.29, 0.717) is 24.6 Å². The summed E-state index contributed by atoms with van der Waals surface area (Å²) >= 11 is 3.44. The summed E-state index contributed by atoms with van der Waals surface area (Å²) in [6, 6.07) is 3.65. The predicted molar refractivity (Wildman–Crippen MR) is 80.3 cm³/mol. The molecule has 1 aromatic rings. The lowest BCUT2D eigenvalue weighted by Gasteiger charge is -2.12. The van der Waals surface area contributed by atoms with Crippen molar-refractivity contribution in [3.8, 4) is 11.5 Å². The molecule has 2 N–H and O–H groups in total. The van der Waals surface area contributed by atoms with Gasteiger partial charge in [-0.3, -0.25) is 4.79 Å². The molecule has 19 heavy (non-hydrogen) atoms. The third kappa shape index (κ3) is 5.26. The number of benzene rings is 1. The first kappa shape index (κ1) is 18.0. The molecule has 0 unspecified atom stereocenters. The van der Waals surface area contributed by atoms with Gasteiger partial charge in [0.25, 0.3) is 0 Å². The average Bonchev–Trinajstić information content (AvgIpc) is 2.37. The molecule has 0 saturated carbocycles. The number of nitrogens with one attached hydrogen (secondary N) is 2. The topological polar surface area (TPSA) is 59.6 Å². The maximum absolute atomic E-state index is 11.4. The minimum Gasteiger partial charge on any atom is -0.493 e. The molecule has 0 aromatic heterocycles. The average molecular weight is 354 g/mol. The Morgan fingerprint density at radius 3 is 2.37 bits per heavy atom. The molecular formula is C12H18BrClN2O3. The number of carbonyl (C=O) groups is 1. The maximum atomic E-state index is 11.4. The number of rotatable bonds is 6. The van der Waals surface area contributed by atoms with Crippen molar-refractivity contribution in [3.05, 3.63) is 22.2 Å². The Bertz CT molecular complexity index is 430. The van der Waals surface area contributed by atoms with Gasteiger partial charge in [-0.25, -0.2) is 0 Å². The highest BCUT2D eigenvalue weighted by Crippen LogP contribution is 2.33. The Hall–Kier alpha value is -0.980. The zero-order chi connectivity index (χ0) is 13.5. The first-order chi connectivity index (χ1) is 8.62. The standard InChI is InChI=1S/C12H17BrN2O3.ClH/c1-14-7-12(16)15-6-8-4-10(17-2)11(18-3)5-9(8)13;/h4-5,14H,6-7H2,1-3H3,(H,15,16);1H. The van der Waals surface area contributed by atoms with Gasteiger partial charge in [-0.05, 0) is 24.7 Å². The number of halogens is 2. The molecule has 1 aromatic carbocycles. The predicted octanol–water partition coefficient (Wildman–Crippen LogP) is 1.72. The van der Waals surface area contributed by atoms with E-state index in [2.05, 4.69) is 26.6 Å². The van der Waals surface area contributed by atoms with E-state index in [1.807, 2.05) is 12.1 Å². The highest BCUT2D eigenvalue weighted by atomic mass is 79.9. The van der Waals surface area contributed by atoms with Crippen LogP contribution in [-0.4, -0.2) is 33.7 Å². The van der Waals surface area contributed by atoms with Crippen molar-refractivity contribution in [1.29, 1.82) is 0 Å². The molecule has 0 atom stereocenters. The molecule has 0 fully saturated rings. The lowest BCUT2D eigenvalue weighted by molar-refractivity contribution is -0.120. The van der Waals surface area contributed by atoms with Crippen LogP contribution >= 0.6 is 28.3 Å². The molecule has 0 aliphatic heterocycles. The summed E-state index contributed by atoms with van der Waals surface area (Å²) in [6.07, 6.45) is 0. The van der Waals surface area contributed by atoms with E-state index in [-0.39, 0.29) is 18.3 Å². The molecule has 0 aliphatic rings. The van der Waals surface area contributed by atoms with Gasteiger partial charge >= 0.3 is 0 Å². The normalized spacial score (nSPS) is 9.47. The summed E-state index contributed by atoms with van der Waals surface area (Å²) in [7, 11) is 4.89. The summed E-state index contributed by atoms with van der Waals surface area (Å²) in [6.45, 7) is 0.729. The number of ether oxygens (including phenoxy) is 2. The molecule has 0 aliphatic carbocycles.